The molecule has 3 nitrogen and oxygen atoms in total. The first-order valence-corrected chi connectivity index (χ1v) is 6.33. The van der Waals surface area contributed by atoms with Crippen molar-refractivity contribution in [3.05, 3.63) is 0 Å². The molecule has 0 aromatic rings. The number of carbonyl (C=O) groups is 1. The van der Waals surface area contributed by atoms with Gasteiger partial charge in [-0.15, -0.1) is 0 Å². The van der Waals surface area contributed by atoms with Crippen LogP contribution in [0.15, 0.2) is 0 Å². The van der Waals surface area contributed by atoms with E-state index >= 15 is 0 Å². The summed E-state index contributed by atoms with van der Waals surface area (Å²) in [5, 5.41) is 0. The zero-order valence-corrected chi connectivity index (χ0v) is 11.3. The average molecular weight is 268 g/mol. The summed E-state index contributed by atoms with van der Waals surface area (Å²) >= 11 is 0. The highest BCUT2D eigenvalue weighted by atomic mass is 19.4. The van der Waals surface area contributed by atoms with E-state index in [1.165, 1.54) is 0 Å². The Balaban J connectivity index is 4.69. The van der Waals surface area contributed by atoms with Gasteiger partial charge in [0.1, 0.15) is 6.54 Å². The van der Waals surface area contributed by atoms with Crippen molar-refractivity contribution in [2.45, 2.75) is 64.7 Å². The number of hydrogen-bond acceptors (Lipinski definition) is 2. The predicted octanol–water partition coefficient (Wildman–Crippen LogP) is 2.69. The second-order valence-corrected chi connectivity index (χ2v) is 4.62. The molecule has 0 aromatic carbocycles. The Kier molecular flexibility index (Phi) is 7.28. The average Bonchev–Trinajstić information content (AvgIpc) is 2.24. The maximum Gasteiger partial charge on any atom is 0.406 e. The van der Waals surface area contributed by atoms with Crippen LogP contribution in [0, 0.1) is 0 Å². The van der Waals surface area contributed by atoms with Gasteiger partial charge in [0.05, 0.1) is 0 Å². The molecule has 0 spiro atoms. The zero-order chi connectivity index (χ0) is 14.3. The molecule has 0 aliphatic carbocycles. The van der Waals surface area contributed by atoms with Gasteiger partial charge in [-0.05, 0) is 26.2 Å². The van der Waals surface area contributed by atoms with E-state index in [1.807, 2.05) is 0 Å². The molecular formula is C12H23F3N2O. The third kappa shape index (κ3) is 6.83. The molecular weight excluding hydrogens is 245 g/mol. The summed E-state index contributed by atoms with van der Waals surface area (Å²) in [5.41, 5.74) is 5.52. The molecule has 1 atom stereocenters. The van der Waals surface area contributed by atoms with E-state index in [2.05, 4.69) is 0 Å². The minimum absolute atomic E-state index is 0.0737. The van der Waals surface area contributed by atoms with Gasteiger partial charge in [-0.25, -0.2) is 0 Å². The second kappa shape index (κ2) is 7.61. The quantitative estimate of drug-likeness (QED) is 0.771. The summed E-state index contributed by atoms with van der Waals surface area (Å²) in [7, 11) is 0. The number of rotatable bonds is 7. The van der Waals surface area contributed by atoms with Crippen molar-refractivity contribution in [1.29, 1.82) is 0 Å². The van der Waals surface area contributed by atoms with Crippen molar-refractivity contribution >= 4 is 5.91 Å². The molecule has 0 aliphatic rings. The highest BCUT2D eigenvalue weighted by Crippen LogP contribution is 2.21. The first-order valence-electron chi connectivity index (χ1n) is 6.33. The Morgan fingerprint density at radius 3 is 2.11 bits per heavy atom. The van der Waals surface area contributed by atoms with E-state index in [-0.39, 0.29) is 18.5 Å². The molecule has 0 saturated carbocycles. The molecule has 6 heteroatoms. The molecule has 1 unspecified atom stereocenters. The fourth-order valence-corrected chi connectivity index (χ4v) is 1.84. The van der Waals surface area contributed by atoms with Crippen molar-refractivity contribution in [2.24, 2.45) is 5.73 Å². The fourth-order valence-electron chi connectivity index (χ4n) is 1.84. The minimum Gasteiger partial charge on any atom is -0.331 e. The topological polar surface area (TPSA) is 46.3 Å². The second-order valence-electron chi connectivity index (χ2n) is 4.62. The van der Waals surface area contributed by atoms with Crippen molar-refractivity contribution in [3.8, 4) is 0 Å². The molecule has 0 bridgehead atoms. The summed E-state index contributed by atoms with van der Waals surface area (Å²) in [4.78, 5) is 12.8. The van der Waals surface area contributed by atoms with E-state index in [0.29, 0.717) is 19.3 Å². The lowest BCUT2D eigenvalue weighted by Crippen LogP contribution is -2.45. The standard InChI is InChI=1S/C12H23F3N2O/c1-4-10(5-2)17(8-12(13,14)15)11(18)7-6-9(3)16/h9-10H,4-8,16H2,1-3H3. The number of nitrogens with zero attached hydrogens (tertiary/aromatic N) is 1. The summed E-state index contributed by atoms with van der Waals surface area (Å²) < 4.78 is 37.4. The normalized spacial score (nSPS) is 13.8. The van der Waals surface area contributed by atoms with Crippen LogP contribution in [0.25, 0.3) is 0 Å². The lowest BCUT2D eigenvalue weighted by molar-refractivity contribution is -0.166. The van der Waals surface area contributed by atoms with Crippen LogP contribution in [0.5, 0.6) is 0 Å². The first kappa shape index (κ1) is 17.2. The lowest BCUT2D eigenvalue weighted by Gasteiger charge is -2.31. The van der Waals surface area contributed by atoms with Crippen LogP contribution in [0.4, 0.5) is 13.2 Å². The smallest absolute Gasteiger partial charge is 0.331 e. The van der Waals surface area contributed by atoms with Gasteiger partial charge in [-0.1, -0.05) is 13.8 Å². The molecule has 0 heterocycles. The van der Waals surface area contributed by atoms with E-state index < -0.39 is 18.6 Å². The third-order valence-corrected chi connectivity index (χ3v) is 2.87. The van der Waals surface area contributed by atoms with Gasteiger partial charge in [0, 0.05) is 18.5 Å². The Morgan fingerprint density at radius 2 is 1.78 bits per heavy atom. The SMILES string of the molecule is CCC(CC)N(CC(F)(F)F)C(=O)CCC(C)N. The molecule has 0 radical (unpaired) electrons. The molecule has 0 saturated heterocycles. The van der Waals surface area contributed by atoms with Gasteiger partial charge in [-0.2, -0.15) is 13.2 Å². The zero-order valence-electron chi connectivity index (χ0n) is 11.3. The number of alkyl halides is 3. The minimum atomic E-state index is -4.35. The van der Waals surface area contributed by atoms with Crippen LogP contribution in [0.3, 0.4) is 0 Å². The fraction of sp³-hybridized carbons (Fsp3) is 0.917. The number of nitrogens with two attached hydrogens (primary N) is 1. The number of hydrogen-bond donors (Lipinski definition) is 1. The van der Waals surface area contributed by atoms with Crippen LogP contribution in [0.2, 0.25) is 0 Å². The van der Waals surface area contributed by atoms with E-state index in [9.17, 15) is 18.0 Å². The largest absolute Gasteiger partial charge is 0.406 e. The maximum atomic E-state index is 12.5. The van der Waals surface area contributed by atoms with Crippen LogP contribution in [-0.4, -0.2) is 35.6 Å². The summed E-state index contributed by atoms with van der Waals surface area (Å²) in [6, 6.07) is -0.532. The van der Waals surface area contributed by atoms with E-state index in [1.54, 1.807) is 20.8 Å². The Morgan fingerprint density at radius 1 is 1.28 bits per heavy atom. The number of amides is 1. The summed E-state index contributed by atoms with van der Waals surface area (Å²) in [5.74, 6) is -0.460. The van der Waals surface area contributed by atoms with Crippen molar-refractivity contribution in [1.82, 2.24) is 4.90 Å². The van der Waals surface area contributed by atoms with Gasteiger partial charge >= 0.3 is 6.18 Å². The van der Waals surface area contributed by atoms with Crippen molar-refractivity contribution in [3.63, 3.8) is 0 Å². The molecule has 18 heavy (non-hydrogen) atoms. The van der Waals surface area contributed by atoms with Crippen molar-refractivity contribution in [2.75, 3.05) is 6.54 Å². The predicted molar refractivity (Wildman–Crippen MR) is 65.0 cm³/mol. The number of halogens is 3. The number of carbonyl (C=O) groups excluding carboxylic acids is 1. The summed E-state index contributed by atoms with van der Waals surface area (Å²) in [6.07, 6.45) is -2.82. The monoisotopic (exact) mass is 268 g/mol. The summed E-state index contributed by atoms with van der Waals surface area (Å²) in [6.45, 7) is 4.14. The van der Waals surface area contributed by atoms with Gasteiger partial charge < -0.3 is 10.6 Å². The molecule has 108 valence electrons. The highest BCUT2D eigenvalue weighted by molar-refractivity contribution is 5.76. The van der Waals surface area contributed by atoms with E-state index in [4.69, 9.17) is 5.73 Å². The Labute approximate surface area is 107 Å². The van der Waals surface area contributed by atoms with Crippen LogP contribution >= 0.6 is 0 Å². The Bertz CT molecular complexity index is 250. The van der Waals surface area contributed by atoms with Gasteiger partial charge in [0.25, 0.3) is 0 Å². The molecule has 1 amide bonds. The molecule has 2 N–H and O–H groups in total. The Hall–Kier alpha value is -0.780. The molecule has 0 rings (SSSR count). The van der Waals surface area contributed by atoms with E-state index in [0.717, 1.165) is 4.90 Å². The van der Waals surface area contributed by atoms with Crippen LogP contribution in [0.1, 0.15) is 46.5 Å². The van der Waals surface area contributed by atoms with Gasteiger partial charge in [0.2, 0.25) is 5.91 Å². The molecule has 0 aliphatic heterocycles. The first-order chi connectivity index (χ1) is 8.21. The lowest BCUT2D eigenvalue weighted by atomic mass is 10.1. The highest BCUT2D eigenvalue weighted by Gasteiger charge is 2.35. The molecule has 0 aromatic heterocycles. The third-order valence-electron chi connectivity index (χ3n) is 2.87. The van der Waals surface area contributed by atoms with Gasteiger partial charge in [0.15, 0.2) is 0 Å². The van der Waals surface area contributed by atoms with Gasteiger partial charge in [-0.3, -0.25) is 4.79 Å². The van der Waals surface area contributed by atoms with Crippen molar-refractivity contribution < 1.29 is 18.0 Å². The van der Waals surface area contributed by atoms with Crippen LogP contribution < -0.4 is 5.73 Å². The van der Waals surface area contributed by atoms with Crippen LogP contribution in [-0.2, 0) is 4.79 Å². The molecule has 0 fully saturated rings. The maximum absolute atomic E-state index is 12.5.